The molecule has 0 aliphatic heterocycles. The lowest BCUT2D eigenvalue weighted by Gasteiger charge is -2.26. The largest absolute Gasteiger partial charge is 0.416 e. The second-order valence-electron chi connectivity index (χ2n) is 8.77. The van der Waals surface area contributed by atoms with E-state index in [1.807, 2.05) is 6.07 Å². The first-order valence-electron chi connectivity index (χ1n) is 11.9. The molecule has 0 spiro atoms. The van der Waals surface area contributed by atoms with E-state index >= 15 is 0 Å². The summed E-state index contributed by atoms with van der Waals surface area (Å²) >= 11 is 12.7. The number of fused-ring (bicyclic) bond motifs is 3. The van der Waals surface area contributed by atoms with E-state index in [-0.39, 0.29) is 6.10 Å². The summed E-state index contributed by atoms with van der Waals surface area (Å²) in [6, 6.07) is 9.10. The monoisotopic (exact) mass is 513 g/mol. The molecular formula is C27H32Cl2F3NO. The molecule has 3 aromatic rings. The van der Waals surface area contributed by atoms with Crippen LogP contribution in [0.15, 0.2) is 36.4 Å². The molecule has 0 saturated heterocycles. The second kappa shape index (κ2) is 11.9. The van der Waals surface area contributed by atoms with Crippen LogP contribution in [0.25, 0.3) is 21.5 Å². The van der Waals surface area contributed by atoms with Crippen molar-refractivity contribution in [3.8, 4) is 0 Å². The van der Waals surface area contributed by atoms with E-state index < -0.39 is 11.7 Å². The Morgan fingerprint density at radius 2 is 1.50 bits per heavy atom. The molecule has 0 amide bonds. The number of hydrogen-bond donors (Lipinski definition) is 0. The Labute approximate surface area is 210 Å². The molecule has 34 heavy (non-hydrogen) atoms. The molecule has 7 heteroatoms. The molecule has 3 aromatic carbocycles. The van der Waals surface area contributed by atoms with Gasteiger partial charge in [0.2, 0.25) is 0 Å². The highest BCUT2D eigenvalue weighted by molar-refractivity contribution is 6.39. The Kier molecular flexibility index (Phi) is 9.50. The SMILES string of the molecule is CCCCN(CCCC)CCC(OC)c1cc2c(Cl)cc(Cl)cc2c2cc(C(F)(F)F)ccc12. The van der Waals surface area contributed by atoms with Gasteiger partial charge in [-0.3, -0.25) is 0 Å². The highest BCUT2D eigenvalue weighted by Crippen LogP contribution is 2.41. The van der Waals surface area contributed by atoms with Gasteiger partial charge in [-0.2, -0.15) is 13.2 Å². The fourth-order valence-corrected chi connectivity index (χ4v) is 5.00. The molecular weight excluding hydrogens is 482 g/mol. The van der Waals surface area contributed by atoms with Crippen LogP contribution in [0.4, 0.5) is 13.2 Å². The summed E-state index contributed by atoms with van der Waals surface area (Å²) in [7, 11) is 1.65. The topological polar surface area (TPSA) is 12.5 Å². The fourth-order valence-electron chi connectivity index (χ4n) is 4.45. The first kappa shape index (κ1) is 27.1. The van der Waals surface area contributed by atoms with E-state index in [1.54, 1.807) is 25.3 Å². The smallest absolute Gasteiger partial charge is 0.377 e. The van der Waals surface area contributed by atoms with E-state index in [1.165, 1.54) is 6.07 Å². The minimum Gasteiger partial charge on any atom is -0.377 e. The van der Waals surface area contributed by atoms with Gasteiger partial charge in [-0.05, 0) is 84.4 Å². The Hall–Kier alpha value is -1.53. The summed E-state index contributed by atoms with van der Waals surface area (Å²) in [5.74, 6) is 0. The van der Waals surface area contributed by atoms with Crippen LogP contribution in [0.2, 0.25) is 10.0 Å². The number of rotatable bonds is 11. The summed E-state index contributed by atoms with van der Waals surface area (Å²) in [5, 5.41) is 3.26. The van der Waals surface area contributed by atoms with Crippen LogP contribution in [0.5, 0.6) is 0 Å². The lowest BCUT2D eigenvalue weighted by atomic mass is 9.92. The van der Waals surface area contributed by atoms with Crippen molar-refractivity contribution in [2.45, 2.75) is 58.2 Å². The zero-order valence-corrected chi connectivity index (χ0v) is 21.5. The zero-order valence-electron chi connectivity index (χ0n) is 19.9. The third-order valence-corrected chi connectivity index (χ3v) is 6.87. The number of halogens is 5. The van der Waals surface area contributed by atoms with Gasteiger partial charge in [0, 0.05) is 29.1 Å². The van der Waals surface area contributed by atoms with Crippen molar-refractivity contribution in [2.24, 2.45) is 0 Å². The fraction of sp³-hybridized carbons (Fsp3) is 0.481. The van der Waals surface area contributed by atoms with Gasteiger partial charge in [0.25, 0.3) is 0 Å². The minimum atomic E-state index is -4.45. The lowest BCUT2D eigenvalue weighted by Crippen LogP contribution is -2.28. The van der Waals surface area contributed by atoms with Crippen LogP contribution in [0.3, 0.4) is 0 Å². The summed E-state index contributed by atoms with van der Waals surface area (Å²) in [5.41, 5.74) is 0.141. The van der Waals surface area contributed by atoms with Gasteiger partial charge in [-0.1, -0.05) is 56.0 Å². The molecule has 0 heterocycles. The van der Waals surface area contributed by atoms with Crippen LogP contribution < -0.4 is 0 Å². The Morgan fingerprint density at radius 1 is 0.853 bits per heavy atom. The van der Waals surface area contributed by atoms with Crippen molar-refractivity contribution in [3.05, 3.63) is 57.6 Å². The molecule has 0 saturated carbocycles. The van der Waals surface area contributed by atoms with E-state index in [2.05, 4.69) is 18.7 Å². The molecule has 0 aliphatic rings. The second-order valence-corrected chi connectivity index (χ2v) is 9.61. The lowest BCUT2D eigenvalue weighted by molar-refractivity contribution is -0.137. The van der Waals surface area contributed by atoms with E-state index in [0.717, 1.165) is 68.8 Å². The third kappa shape index (κ3) is 6.37. The van der Waals surface area contributed by atoms with Gasteiger partial charge in [0.15, 0.2) is 0 Å². The van der Waals surface area contributed by atoms with Gasteiger partial charge >= 0.3 is 6.18 Å². The predicted octanol–water partition coefficient (Wildman–Crippen LogP) is 9.30. The molecule has 0 N–H and O–H groups in total. The van der Waals surface area contributed by atoms with Gasteiger partial charge in [0.05, 0.1) is 11.7 Å². The number of alkyl halides is 3. The molecule has 1 unspecified atom stereocenters. The van der Waals surface area contributed by atoms with Gasteiger partial charge in [-0.25, -0.2) is 0 Å². The normalized spacial score (nSPS) is 13.3. The van der Waals surface area contributed by atoms with Crippen molar-refractivity contribution >= 4 is 44.7 Å². The van der Waals surface area contributed by atoms with Crippen LogP contribution in [-0.4, -0.2) is 31.6 Å². The third-order valence-electron chi connectivity index (χ3n) is 6.34. The average molecular weight is 514 g/mol. The van der Waals surface area contributed by atoms with E-state index in [9.17, 15) is 13.2 Å². The average Bonchev–Trinajstić information content (AvgIpc) is 2.79. The molecule has 0 aromatic heterocycles. The summed E-state index contributed by atoms with van der Waals surface area (Å²) in [6.07, 6.45) is 0.548. The molecule has 3 rings (SSSR count). The summed E-state index contributed by atoms with van der Waals surface area (Å²) < 4.78 is 46.5. The van der Waals surface area contributed by atoms with Crippen molar-refractivity contribution in [1.29, 1.82) is 0 Å². The number of hydrogen-bond acceptors (Lipinski definition) is 2. The zero-order chi connectivity index (χ0) is 24.9. The molecule has 2 nitrogen and oxygen atoms in total. The van der Waals surface area contributed by atoms with Crippen LogP contribution >= 0.6 is 23.2 Å². The highest BCUT2D eigenvalue weighted by atomic mass is 35.5. The molecule has 0 bridgehead atoms. The maximum absolute atomic E-state index is 13.5. The molecule has 0 fully saturated rings. The summed E-state index contributed by atoms with van der Waals surface area (Å²) in [6.45, 7) is 7.28. The van der Waals surface area contributed by atoms with Crippen LogP contribution in [0, 0.1) is 0 Å². The Balaban J connectivity index is 2.08. The predicted molar refractivity (Wildman–Crippen MR) is 137 cm³/mol. The number of nitrogens with zero attached hydrogens (tertiary/aromatic N) is 1. The van der Waals surface area contributed by atoms with E-state index in [4.69, 9.17) is 27.9 Å². The number of ether oxygens (including phenoxy) is 1. The standard InChI is InChI=1S/C27H32Cl2F3NO/c1-4-6-11-33(12-7-5-2)13-10-26(34-3)24-17-23-22(15-19(28)16-25(23)29)21-14-18(27(30,31)32)8-9-20(21)24/h8-9,14-17,26H,4-7,10-13H2,1-3H3. The number of benzene rings is 3. The molecule has 0 radical (unpaired) electrons. The first-order valence-corrected chi connectivity index (χ1v) is 12.6. The maximum atomic E-state index is 13.5. The van der Waals surface area contributed by atoms with Crippen molar-refractivity contribution in [1.82, 2.24) is 4.90 Å². The first-order chi connectivity index (χ1) is 16.2. The van der Waals surface area contributed by atoms with Crippen LogP contribution in [0.1, 0.15) is 63.2 Å². The van der Waals surface area contributed by atoms with Crippen molar-refractivity contribution < 1.29 is 17.9 Å². The maximum Gasteiger partial charge on any atom is 0.416 e. The molecule has 186 valence electrons. The Morgan fingerprint density at radius 3 is 2.09 bits per heavy atom. The minimum absolute atomic E-state index is 0.277. The molecule has 0 aliphatic carbocycles. The van der Waals surface area contributed by atoms with Gasteiger partial charge in [-0.15, -0.1) is 0 Å². The number of unbranched alkanes of at least 4 members (excludes halogenated alkanes) is 2. The van der Waals surface area contributed by atoms with Crippen LogP contribution in [-0.2, 0) is 10.9 Å². The van der Waals surface area contributed by atoms with Crippen molar-refractivity contribution in [2.75, 3.05) is 26.7 Å². The van der Waals surface area contributed by atoms with Gasteiger partial charge < -0.3 is 9.64 Å². The van der Waals surface area contributed by atoms with Gasteiger partial charge in [0.1, 0.15) is 0 Å². The molecule has 1 atom stereocenters. The van der Waals surface area contributed by atoms with E-state index in [0.29, 0.717) is 26.2 Å². The quantitative estimate of drug-likeness (QED) is 0.237. The highest BCUT2D eigenvalue weighted by Gasteiger charge is 2.31. The Bertz CT molecular complexity index is 1110. The summed E-state index contributed by atoms with van der Waals surface area (Å²) in [4.78, 5) is 2.46. The number of methoxy groups -OCH3 is 1. The van der Waals surface area contributed by atoms with Crippen molar-refractivity contribution in [3.63, 3.8) is 0 Å².